The fourth-order valence-corrected chi connectivity index (χ4v) is 4.01. The second kappa shape index (κ2) is 6.72. The topological polar surface area (TPSA) is 56.1 Å². The van der Waals surface area contributed by atoms with E-state index in [2.05, 4.69) is 28.4 Å². The zero-order valence-electron chi connectivity index (χ0n) is 13.8. The second-order valence-corrected chi connectivity index (χ2v) is 7.05. The Morgan fingerprint density at radius 3 is 2.52 bits per heavy atom. The maximum absolute atomic E-state index is 11.0. The van der Waals surface area contributed by atoms with Gasteiger partial charge in [-0.25, -0.2) is 0 Å². The fraction of sp³-hybridized carbons (Fsp3) is 0.579. The molecule has 4 heteroatoms. The Hall–Kier alpha value is -1.86. The molecule has 1 aromatic rings. The molecule has 122 valence electrons. The van der Waals surface area contributed by atoms with E-state index in [1.165, 1.54) is 5.56 Å². The molecule has 0 unspecified atom stereocenters. The summed E-state index contributed by atoms with van der Waals surface area (Å²) in [7, 11) is 0. The quantitative estimate of drug-likeness (QED) is 0.929. The fourth-order valence-electron chi connectivity index (χ4n) is 4.01. The van der Waals surface area contributed by atoms with E-state index >= 15 is 0 Å². The summed E-state index contributed by atoms with van der Waals surface area (Å²) < 4.78 is 0. The van der Waals surface area contributed by atoms with Gasteiger partial charge < -0.3 is 5.32 Å². The normalized spacial score (nSPS) is 28.6. The maximum atomic E-state index is 11.0. The van der Waals surface area contributed by atoms with Crippen LogP contribution in [0, 0.1) is 17.2 Å². The van der Waals surface area contributed by atoms with Crippen molar-refractivity contribution in [1.82, 2.24) is 10.2 Å². The summed E-state index contributed by atoms with van der Waals surface area (Å²) in [5.41, 5.74) is 0.881. The summed E-state index contributed by atoms with van der Waals surface area (Å²) in [5.74, 6) is 0.651. The third kappa shape index (κ3) is 3.40. The second-order valence-electron chi connectivity index (χ2n) is 7.05. The minimum absolute atomic E-state index is 0.0581. The van der Waals surface area contributed by atoms with Crippen molar-refractivity contribution in [3.05, 3.63) is 35.9 Å². The smallest absolute Gasteiger partial charge is 0.216 e. The van der Waals surface area contributed by atoms with Crippen molar-refractivity contribution in [3.8, 4) is 6.07 Å². The Bertz CT molecular complexity index is 578. The first-order chi connectivity index (χ1) is 11.1. The van der Waals surface area contributed by atoms with Crippen molar-refractivity contribution in [1.29, 1.82) is 5.26 Å². The van der Waals surface area contributed by atoms with Gasteiger partial charge in [0.2, 0.25) is 5.91 Å². The van der Waals surface area contributed by atoms with Gasteiger partial charge >= 0.3 is 0 Å². The van der Waals surface area contributed by atoms with E-state index in [-0.39, 0.29) is 11.3 Å². The minimum atomic E-state index is -0.293. The monoisotopic (exact) mass is 311 g/mol. The van der Waals surface area contributed by atoms with Gasteiger partial charge in [-0.15, -0.1) is 0 Å². The molecule has 1 aliphatic heterocycles. The lowest BCUT2D eigenvalue weighted by molar-refractivity contribution is -0.119. The molecule has 0 atom stereocenters. The van der Waals surface area contributed by atoms with E-state index in [4.69, 9.17) is 0 Å². The van der Waals surface area contributed by atoms with Crippen LogP contribution in [0.5, 0.6) is 0 Å². The van der Waals surface area contributed by atoms with Crippen LogP contribution in [-0.4, -0.2) is 36.5 Å². The van der Waals surface area contributed by atoms with Gasteiger partial charge in [-0.2, -0.15) is 5.26 Å². The first kappa shape index (κ1) is 16.0. The third-order valence-corrected chi connectivity index (χ3v) is 5.49. The van der Waals surface area contributed by atoms with Crippen molar-refractivity contribution >= 4 is 5.91 Å². The molecule has 2 fully saturated rings. The Balaban J connectivity index is 1.51. The Labute approximate surface area is 138 Å². The molecule has 2 aliphatic rings. The number of nitrogens with zero attached hydrogens (tertiary/aromatic N) is 2. The summed E-state index contributed by atoms with van der Waals surface area (Å²) in [5, 5.41) is 12.7. The molecular formula is C19H25N3O. The predicted molar refractivity (Wildman–Crippen MR) is 89.7 cm³/mol. The molecule has 3 rings (SSSR count). The first-order valence-electron chi connectivity index (χ1n) is 8.58. The van der Waals surface area contributed by atoms with Gasteiger partial charge in [0, 0.05) is 38.5 Å². The predicted octanol–water partition coefficient (Wildman–Crippen LogP) is 2.46. The summed E-state index contributed by atoms with van der Waals surface area (Å²) in [6.45, 7) is 4.53. The number of amides is 1. The van der Waals surface area contributed by atoms with Crippen LogP contribution in [0.3, 0.4) is 0 Å². The standard InChI is InChI=1S/C19H25N3O/c1-15(23)21-11-16-12-22(13-16)18-7-9-19(14-20,10-8-18)17-5-3-2-4-6-17/h2-6,16,18H,7-13H2,1H3,(H,21,23). The number of nitrogens with one attached hydrogen (secondary N) is 1. The molecule has 23 heavy (non-hydrogen) atoms. The SMILES string of the molecule is CC(=O)NCC1CN(C2CCC(C#N)(c3ccccc3)CC2)C1. The number of carbonyl (C=O) groups excluding carboxylic acids is 1. The summed E-state index contributed by atoms with van der Waals surface area (Å²) >= 11 is 0. The zero-order chi connectivity index (χ0) is 16.3. The average Bonchev–Trinajstić information content (AvgIpc) is 2.54. The van der Waals surface area contributed by atoms with Gasteiger partial charge in [0.25, 0.3) is 0 Å². The van der Waals surface area contributed by atoms with Gasteiger partial charge in [-0.05, 0) is 31.2 Å². The molecule has 0 radical (unpaired) electrons. The number of hydrogen-bond donors (Lipinski definition) is 1. The average molecular weight is 311 g/mol. The molecule has 4 nitrogen and oxygen atoms in total. The van der Waals surface area contributed by atoms with E-state index in [1.807, 2.05) is 18.2 Å². The summed E-state index contributed by atoms with van der Waals surface area (Å²) in [6, 6.07) is 13.5. The molecule has 0 aromatic heterocycles. The number of benzene rings is 1. The lowest BCUT2D eigenvalue weighted by atomic mass is 9.68. The summed E-state index contributed by atoms with van der Waals surface area (Å²) in [4.78, 5) is 13.5. The van der Waals surface area contributed by atoms with E-state index < -0.39 is 0 Å². The van der Waals surface area contributed by atoms with Gasteiger partial charge in [0.1, 0.15) is 0 Å². The highest BCUT2D eigenvalue weighted by molar-refractivity contribution is 5.72. The van der Waals surface area contributed by atoms with Crippen LogP contribution in [0.1, 0.15) is 38.2 Å². The van der Waals surface area contributed by atoms with Crippen LogP contribution in [-0.2, 0) is 10.2 Å². The molecule has 1 amide bonds. The van der Waals surface area contributed by atoms with Gasteiger partial charge in [-0.1, -0.05) is 30.3 Å². The highest BCUT2D eigenvalue weighted by Crippen LogP contribution is 2.41. The van der Waals surface area contributed by atoms with Crippen molar-refractivity contribution < 1.29 is 4.79 Å². The molecule has 1 saturated carbocycles. The lowest BCUT2D eigenvalue weighted by Crippen LogP contribution is -2.56. The number of rotatable bonds is 4. The highest BCUT2D eigenvalue weighted by atomic mass is 16.1. The van der Waals surface area contributed by atoms with Crippen molar-refractivity contribution in [2.45, 2.75) is 44.1 Å². The molecule has 1 aliphatic carbocycles. The van der Waals surface area contributed by atoms with E-state index in [1.54, 1.807) is 6.92 Å². The Morgan fingerprint density at radius 1 is 1.30 bits per heavy atom. The van der Waals surface area contributed by atoms with Crippen LogP contribution in [0.25, 0.3) is 0 Å². The van der Waals surface area contributed by atoms with Crippen LogP contribution < -0.4 is 5.32 Å². The molecule has 0 spiro atoms. The van der Waals surface area contributed by atoms with Gasteiger partial charge in [0.05, 0.1) is 11.5 Å². The largest absolute Gasteiger partial charge is 0.356 e. The molecular weight excluding hydrogens is 286 g/mol. The van der Waals surface area contributed by atoms with E-state index in [9.17, 15) is 10.1 Å². The third-order valence-electron chi connectivity index (χ3n) is 5.49. The van der Waals surface area contributed by atoms with Gasteiger partial charge in [0.15, 0.2) is 0 Å². The molecule has 0 bridgehead atoms. The van der Waals surface area contributed by atoms with Gasteiger partial charge in [-0.3, -0.25) is 9.69 Å². The maximum Gasteiger partial charge on any atom is 0.216 e. The zero-order valence-corrected chi connectivity index (χ0v) is 13.8. The molecule has 1 aromatic carbocycles. The Morgan fingerprint density at radius 2 is 1.96 bits per heavy atom. The Kier molecular flexibility index (Phi) is 4.68. The van der Waals surface area contributed by atoms with Crippen LogP contribution >= 0.6 is 0 Å². The number of hydrogen-bond acceptors (Lipinski definition) is 3. The van der Waals surface area contributed by atoms with Crippen LogP contribution in [0.15, 0.2) is 30.3 Å². The van der Waals surface area contributed by atoms with Crippen LogP contribution in [0.2, 0.25) is 0 Å². The number of likely N-dealkylation sites (tertiary alicyclic amines) is 1. The van der Waals surface area contributed by atoms with Crippen molar-refractivity contribution in [2.24, 2.45) is 5.92 Å². The van der Waals surface area contributed by atoms with E-state index in [0.717, 1.165) is 45.3 Å². The van der Waals surface area contributed by atoms with E-state index in [0.29, 0.717) is 12.0 Å². The molecule has 1 heterocycles. The first-order valence-corrected chi connectivity index (χ1v) is 8.58. The molecule has 1 saturated heterocycles. The lowest BCUT2D eigenvalue weighted by Gasteiger charge is -2.48. The van der Waals surface area contributed by atoms with Crippen molar-refractivity contribution in [3.63, 3.8) is 0 Å². The number of carbonyl (C=O) groups is 1. The highest BCUT2D eigenvalue weighted by Gasteiger charge is 2.41. The molecule has 1 N–H and O–H groups in total. The summed E-state index contributed by atoms with van der Waals surface area (Å²) in [6.07, 6.45) is 4.08. The van der Waals surface area contributed by atoms with Crippen LogP contribution in [0.4, 0.5) is 0 Å². The number of nitriles is 1. The minimum Gasteiger partial charge on any atom is -0.356 e. The van der Waals surface area contributed by atoms with Crippen molar-refractivity contribution in [2.75, 3.05) is 19.6 Å².